The summed E-state index contributed by atoms with van der Waals surface area (Å²) in [5.41, 5.74) is 0.209. The minimum Gasteiger partial charge on any atom is -0.409 e. The summed E-state index contributed by atoms with van der Waals surface area (Å²) >= 11 is 3.04. The van der Waals surface area contributed by atoms with Crippen LogP contribution in [0.15, 0.2) is 16.6 Å². The van der Waals surface area contributed by atoms with Crippen molar-refractivity contribution in [2.75, 3.05) is 0 Å². The normalized spacial score (nSPS) is 14.1. The summed E-state index contributed by atoms with van der Waals surface area (Å²) in [4.78, 5) is 10.9. The Kier molecular flexibility index (Phi) is 5.86. The lowest BCUT2D eigenvalue weighted by Crippen LogP contribution is -2.42. The van der Waals surface area contributed by atoms with Crippen molar-refractivity contribution in [3.63, 3.8) is 0 Å². The maximum absolute atomic E-state index is 14.0. The Labute approximate surface area is 134 Å². The van der Waals surface area contributed by atoms with Crippen LogP contribution in [0, 0.1) is 11.6 Å². The SMILES string of the molecule is CC(C)(C)[Si](C)(C)OC(CC=O)c1cc(Br)c(F)cc1F. The molecule has 0 aliphatic rings. The number of aldehydes is 1. The first kappa shape index (κ1) is 18.5. The molecule has 118 valence electrons. The van der Waals surface area contributed by atoms with Crippen LogP contribution in [0.2, 0.25) is 18.1 Å². The van der Waals surface area contributed by atoms with Gasteiger partial charge in [-0.25, -0.2) is 8.78 Å². The molecule has 0 aromatic heterocycles. The minimum atomic E-state index is -2.18. The Morgan fingerprint density at radius 3 is 2.33 bits per heavy atom. The Morgan fingerprint density at radius 2 is 1.86 bits per heavy atom. The Balaban J connectivity index is 3.19. The molecule has 0 N–H and O–H groups in total. The predicted octanol–water partition coefficient (Wildman–Crippen LogP) is 5.38. The molecule has 0 fully saturated rings. The van der Waals surface area contributed by atoms with Crippen molar-refractivity contribution < 1.29 is 18.0 Å². The van der Waals surface area contributed by atoms with Gasteiger partial charge in [0.15, 0.2) is 8.32 Å². The van der Waals surface area contributed by atoms with E-state index in [0.717, 1.165) is 6.07 Å². The van der Waals surface area contributed by atoms with Crippen molar-refractivity contribution >= 4 is 30.5 Å². The monoisotopic (exact) mass is 378 g/mol. The predicted molar refractivity (Wildman–Crippen MR) is 85.8 cm³/mol. The molecule has 0 heterocycles. The number of halogens is 3. The first-order chi connectivity index (χ1) is 9.49. The van der Waals surface area contributed by atoms with Crippen LogP contribution in [-0.2, 0) is 9.22 Å². The van der Waals surface area contributed by atoms with E-state index in [1.807, 2.05) is 13.1 Å². The third kappa shape index (κ3) is 4.44. The van der Waals surface area contributed by atoms with Gasteiger partial charge in [0.05, 0.1) is 10.6 Å². The number of carbonyl (C=O) groups excluding carboxylic acids is 1. The van der Waals surface area contributed by atoms with Gasteiger partial charge < -0.3 is 9.22 Å². The minimum absolute atomic E-state index is 0.0432. The van der Waals surface area contributed by atoms with Crippen molar-refractivity contribution in [2.45, 2.75) is 51.4 Å². The second-order valence-corrected chi connectivity index (χ2v) is 12.2. The first-order valence-electron chi connectivity index (χ1n) is 6.75. The van der Waals surface area contributed by atoms with Gasteiger partial charge in [-0.2, -0.15) is 0 Å². The average Bonchev–Trinajstić information content (AvgIpc) is 2.31. The van der Waals surface area contributed by atoms with Gasteiger partial charge in [0.25, 0.3) is 0 Å². The average molecular weight is 379 g/mol. The quantitative estimate of drug-likeness (QED) is 0.390. The summed E-state index contributed by atoms with van der Waals surface area (Å²) in [5, 5.41) is -0.0676. The van der Waals surface area contributed by atoms with Crippen molar-refractivity contribution in [2.24, 2.45) is 0 Å². The van der Waals surface area contributed by atoms with Crippen LogP contribution >= 0.6 is 15.9 Å². The number of benzene rings is 1. The molecule has 21 heavy (non-hydrogen) atoms. The fraction of sp³-hybridized carbons (Fsp3) is 0.533. The molecule has 2 nitrogen and oxygen atoms in total. The van der Waals surface area contributed by atoms with Crippen molar-refractivity contribution in [1.82, 2.24) is 0 Å². The maximum atomic E-state index is 14.0. The molecular weight excluding hydrogens is 358 g/mol. The highest BCUT2D eigenvalue weighted by atomic mass is 79.9. The van der Waals surface area contributed by atoms with E-state index in [-0.39, 0.29) is 21.5 Å². The molecule has 1 aromatic carbocycles. The van der Waals surface area contributed by atoms with E-state index < -0.39 is 26.1 Å². The second-order valence-electron chi connectivity index (χ2n) is 6.56. The highest BCUT2D eigenvalue weighted by Gasteiger charge is 2.39. The molecule has 6 heteroatoms. The molecule has 0 radical (unpaired) electrons. The van der Waals surface area contributed by atoms with Gasteiger partial charge in [-0.05, 0) is 40.1 Å². The zero-order valence-electron chi connectivity index (χ0n) is 13.0. The lowest BCUT2D eigenvalue weighted by Gasteiger charge is -2.39. The molecule has 0 amide bonds. The van der Waals surface area contributed by atoms with Gasteiger partial charge in [-0.3, -0.25) is 0 Å². The van der Waals surface area contributed by atoms with Crippen LogP contribution < -0.4 is 0 Å². The molecule has 0 bridgehead atoms. The number of rotatable bonds is 5. The summed E-state index contributed by atoms with van der Waals surface area (Å²) in [7, 11) is -2.18. The first-order valence-corrected chi connectivity index (χ1v) is 10.5. The lowest BCUT2D eigenvalue weighted by molar-refractivity contribution is -0.109. The molecule has 0 saturated carbocycles. The second kappa shape index (κ2) is 6.67. The zero-order chi connectivity index (χ0) is 16.4. The maximum Gasteiger partial charge on any atom is 0.192 e. The Morgan fingerprint density at radius 1 is 1.29 bits per heavy atom. The fourth-order valence-corrected chi connectivity index (χ4v) is 3.29. The van der Waals surface area contributed by atoms with Gasteiger partial charge >= 0.3 is 0 Å². The Bertz CT molecular complexity index is 527. The summed E-state index contributed by atoms with van der Waals surface area (Å²) in [6.07, 6.45) is 0.0519. The lowest BCUT2D eigenvalue weighted by atomic mass is 10.1. The van der Waals surface area contributed by atoms with Crippen LogP contribution in [0.4, 0.5) is 8.78 Å². The molecule has 1 aromatic rings. The third-order valence-electron chi connectivity index (χ3n) is 3.94. The summed E-state index contributed by atoms with van der Waals surface area (Å²) in [5.74, 6) is -1.37. The zero-order valence-corrected chi connectivity index (χ0v) is 15.6. The van der Waals surface area contributed by atoms with E-state index in [4.69, 9.17) is 4.43 Å². The third-order valence-corrected chi connectivity index (χ3v) is 9.03. The smallest absolute Gasteiger partial charge is 0.192 e. The molecule has 1 atom stereocenters. The standard InChI is InChI=1S/C15H21BrF2O2Si/c1-15(2,3)21(4,5)20-14(6-7-19)10-8-11(16)13(18)9-12(10)17/h7-9,14H,6H2,1-5H3. The van der Waals surface area contributed by atoms with Gasteiger partial charge in [0, 0.05) is 18.1 Å². The number of hydrogen-bond donors (Lipinski definition) is 0. The van der Waals surface area contributed by atoms with Crippen molar-refractivity contribution in [3.8, 4) is 0 Å². The molecular formula is C15H21BrF2O2Si. The van der Waals surface area contributed by atoms with Crippen LogP contribution in [0.25, 0.3) is 0 Å². The molecule has 1 rings (SSSR count). The van der Waals surface area contributed by atoms with E-state index in [1.54, 1.807) is 0 Å². The number of carbonyl (C=O) groups is 1. The van der Waals surface area contributed by atoms with Gasteiger partial charge in [-0.1, -0.05) is 20.8 Å². The molecule has 0 aliphatic carbocycles. The molecule has 1 unspecified atom stereocenters. The highest BCUT2D eigenvalue weighted by Crippen LogP contribution is 2.41. The summed E-state index contributed by atoms with van der Waals surface area (Å²) in [6, 6.07) is 2.16. The van der Waals surface area contributed by atoms with E-state index in [0.29, 0.717) is 6.29 Å². The summed E-state index contributed by atoms with van der Waals surface area (Å²) in [6.45, 7) is 10.2. The molecule has 0 saturated heterocycles. The molecule has 0 spiro atoms. The topological polar surface area (TPSA) is 26.3 Å². The van der Waals surface area contributed by atoms with Crippen LogP contribution in [0.1, 0.15) is 38.9 Å². The largest absolute Gasteiger partial charge is 0.409 e. The van der Waals surface area contributed by atoms with E-state index >= 15 is 0 Å². The fourth-order valence-electron chi connectivity index (χ4n) is 1.64. The highest BCUT2D eigenvalue weighted by molar-refractivity contribution is 9.10. The van der Waals surface area contributed by atoms with Crippen LogP contribution in [-0.4, -0.2) is 14.6 Å². The van der Waals surface area contributed by atoms with E-state index in [9.17, 15) is 13.6 Å². The van der Waals surface area contributed by atoms with E-state index in [1.165, 1.54) is 6.07 Å². The van der Waals surface area contributed by atoms with Crippen molar-refractivity contribution in [3.05, 3.63) is 33.8 Å². The number of hydrogen-bond acceptors (Lipinski definition) is 2. The van der Waals surface area contributed by atoms with Gasteiger partial charge in [0.2, 0.25) is 0 Å². The van der Waals surface area contributed by atoms with Gasteiger partial charge in [0.1, 0.15) is 17.9 Å². The Hall–Kier alpha value is -0.593. The van der Waals surface area contributed by atoms with Gasteiger partial charge in [-0.15, -0.1) is 0 Å². The van der Waals surface area contributed by atoms with Crippen molar-refractivity contribution in [1.29, 1.82) is 0 Å². The van der Waals surface area contributed by atoms with Crippen LogP contribution in [0.5, 0.6) is 0 Å². The summed E-state index contributed by atoms with van der Waals surface area (Å²) < 4.78 is 33.7. The van der Waals surface area contributed by atoms with E-state index in [2.05, 4.69) is 36.7 Å². The molecule has 0 aliphatic heterocycles. The van der Waals surface area contributed by atoms with Crippen LogP contribution in [0.3, 0.4) is 0 Å².